The van der Waals surface area contributed by atoms with Crippen molar-refractivity contribution in [2.24, 2.45) is 17.6 Å². The van der Waals surface area contributed by atoms with Crippen LogP contribution in [0.1, 0.15) is 20.8 Å². The molecular weight excluding hydrogens is 170 g/mol. The van der Waals surface area contributed by atoms with Crippen LogP contribution in [0.4, 0.5) is 0 Å². The Balaban J connectivity index is 3.30. The zero-order chi connectivity index (χ0) is 9.56. The Hall–Kier alpha value is 0.270. The summed E-state index contributed by atoms with van der Waals surface area (Å²) >= 11 is 1.84. The molecule has 0 heterocycles. The van der Waals surface area contributed by atoms with E-state index in [1.165, 1.54) is 0 Å². The molecule has 0 aliphatic rings. The van der Waals surface area contributed by atoms with Gasteiger partial charge in [-0.25, -0.2) is 0 Å². The summed E-state index contributed by atoms with van der Waals surface area (Å²) in [7, 11) is 0. The van der Waals surface area contributed by atoms with E-state index in [4.69, 9.17) is 10.8 Å². The number of hydrogen-bond donors (Lipinski definition) is 2. The van der Waals surface area contributed by atoms with Gasteiger partial charge in [-0.3, -0.25) is 0 Å². The van der Waals surface area contributed by atoms with Crippen molar-refractivity contribution in [1.82, 2.24) is 0 Å². The second-order valence-corrected chi connectivity index (χ2v) is 4.81. The first kappa shape index (κ1) is 12.3. The molecule has 0 radical (unpaired) electrons. The number of rotatable bonds is 6. The molecule has 74 valence electrons. The first-order valence-corrected chi connectivity index (χ1v) is 5.67. The topological polar surface area (TPSA) is 46.2 Å². The van der Waals surface area contributed by atoms with Crippen molar-refractivity contribution < 1.29 is 5.11 Å². The third-order valence-corrected chi connectivity index (χ3v) is 3.31. The second kappa shape index (κ2) is 6.75. The van der Waals surface area contributed by atoms with E-state index in [1.807, 2.05) is 18.7 Å². The fourth-order valence-corrected chi connectivity index (χ4v) is 1.95. The van der Waals surface area contributed by atoms with Gasteiger partial charge in [-0.1, -0.05) is 20.8 Å². The Bertz CT molecular complexity index is 109. The minimum atomic E-state index is 0.282. The predicted octanol–water partition coefficient (Wildman–Crippen LogP) is 1.33. The summed E-state index contributed by atoms with van der Waals surface area (Å²) in [6, 6.07) is 0.292. The molecule has 0 aromatic rings. The fourth-order valence-electron chi connectivity index (χ4n) is 0.650. The molecule has 12 heavy (non-hydrogen) atoms. The third kappa shape index (κ3) is 5.86. The van der Waals surface area contributed by atoms with Gasteiger partial charge < -0.3 is 10.8 Å². The van der Waals surface area contributed by atoms with Gasteiger partial charge in [-0.05, 0) is 17.6 Å². The molecule has 2 atom stereocenters. The molecule has 2 nitrogen and oxygen atoms in total. The van der Waals surface area contributed by atoms with Crippen molar-refractivity contribution in [1.29, 1.82) is 0 Å². The summed E-state index contributed by atoms with van der Waals surface area (Å²) in [5.74, 6) is 2.97. The molecule has 0 aromatic carbocycles. The van der Waals surface area contributed by atoms with E-state index in [1.54, 1.807) is 0 Å². The molecule has 0 saturated carbocycles. The first-order valence-electron chi connectivity index (χ1n) is 4.52. The Morgan fingerprint density at radius 3 is 2.25 bits per heavy atom. The highest BCUT2D eigenvalue weighted by Gasteiger charge is 2.08. The van der Waals surface area contributed by atoms with Crippen LogP contribution in [0.2, 0.25) is 0 Å². The van der Waals surface area contributed by atoms with Crippen molar-refractivity contribution in [2.75, 3.05) is 18.1 Å². The average molecular weight is 191 g/mol. The highest BCUT2D eigenvalue weighted by atomic mass is 32.2. The van der Waals surface area contributed by atoms with Gasteiger partial charge in [0.1, 0.15) is 0 Å². The number of aliphatic hydroxyl groups excluding tert-OH is 1. The molecule has 0 aliphatic carbocycles. The Kier molecular flexibility index (Phi) is 6.90. The summed E-state index contributed by atoms with van der Waals surface area (Å²) in [5, 5.41) is 8.76. The van der Waals surface area contributed by atoms with E-state index >= 15 is 0 Å². The lowest BCUT2D eigenvalue weighted by Crippen LogP contribution is -2.29. The van der Waals surface area contributed by atoms with Gasteiger partial charge in [-0.2, -0.15) is 11.8 Å². The summed E-state index contributed by atoms with van der Waals surface area (Å²) in [6.45, 7) is 6.61. The molecule has 0 bridgehead atoms. The van der Waals surface area contributed by atoms with E-state index in [9.17, 15) is 0 Å². The average Bonchev–Trinajstić information content (AvgIpc) is 2.03. The predicted molar refractivity (Wildman–Crippen MR) is 56.4 cm³/mol. The Labute approximate surface area is 79.9 Å². The maximum absolute atomic E-state index is 8.76. The molecule has 0 fully saturated rings. The number of aliphatic hydroxyl groups is 1. The van der Waals surface area contributed by atoms with E-state index < -0.39 is 0 Å². The van der Waals surface area contributed by atoms with Crippen LogP contribution in [-0.4, -0.2) is 29.3 Å². The zero-order valence-electron chi connectivity index (χ0n) is 8.29. The maximum atomic E-state index is 8.76. The molecule has 0 aromatic heterocycles. The van der Waals surface area contributed by atoms with Crippen LogP contribution >= 0.6 is 11.8 Å². The van der Waals surface area contributed by atoms with Gasteiger partial charge in [0.2, 0.25) is 0 Å². The minimum absolute atomic E-state index is 0.282. The van der Waals surface area contributed by atoms with Gasteiger partial charge >= 0.3 is 0 Å². The van der Waals surface area contributed by atoms with Crippen LogP contribution in [0.3, 0.4) is 0 Å². The molecule has 3 heteroatoms. The van der Waals surface area contributed by atoms with Crippen molar-refractivity contribution in [3.63, 3.8) is 0 Å². The monoisotopic (exact) mass is 191 g/mol. The van der Waals surface area contributed by atoms with Crippen molar-refractivity contribution in [3.05, 3.63) is 0 Å². The quantitative estimate of drug-likeness (QED) is 0.666. The van der Waals surface area contributed by atoms with Crippen LogP contribution in [0.25, 0.3) is 0 Å². The van der Waals surface area contributed by atoms with Crippen LogP contribution < -0.4 is 5.73 Å². The molecule has 0 spiro atoms. The molecule has 0 saturated heterocycles. The number of thioether (sulfide) groups is 1. The third-order valence-electron chi connectivity index (χ3n) is 1.88. The number of hydrogen-bond acceptors (Lipinski definition) is 3. The lowest BCUT2D eigenvalue weighted by molar-refractivity contribution is 0.250. The van der Waals surface area contributed by atoms with Gasteiger partial charge in [0.15, 0.2) is 0 Å². The fraction of sp³-hybridized carbons (Fsp3) is 1.00. The highest BCUT2D eigenvalue weighted by molar-refractivity contribution is 7.99. The van der Waals surface area contributed by atoms with E-state index in [-0.39, 0.29) is 6.61 Å². The van der Waals surface area contributed by atoms with Gasteiger partial charge in [0.25, 0.3) is 0 Å². The van der Waals surface area contributed by atoms with E-state index in [0.29, 0.717) is 17.9 Å². The van der Waals surface area contributed by atoms with Crippen LogP contribution in [0, 0.1) is 11.8 Å². The van der Waals surface area contributed by atoms with Gasteiger partial charge in [-0.15, -0.1) is 0 Å². The van der Waals surface area contributed by atoms with Gasteiger partial charge in [0, 0.05) is 18.4 Å². The van der Waals surface area contributed by atoms with Gasteiger partial charge in [0.05, 0.1) is 0 Å². The van der Waals surface area contributed by atoms with E-state index in [2.05, 4.69) is 13.8 Å². The summed E-state index contributed by atoms with van der Waals surface area (Å²) < 4.78 is 0. The van der Waals surface area contributed by atoms with E-state index in [0.717, 1.165) is 11.5 Å². The van der Waals surface area contributed by atoms with Crippen molar-refractivity contribution in [3.8, 4) is 0 Å². The lowest BCUT2D eigenvalue weighted by atomic mass is 10.1. The summed E-state index contributed by atoms with van der Waals surface area (Å²) in [4.78, 5) is 0. The molecule has 2 unspecified atom stereocenters. The first-order chi connectivity index (χ1) is 5.57. The number of nitrogens with two attached hydrogens (primary N) is 1. The van der Waals surface area contributed by atoms with Crippen LogP contribution in [0.5, 0.6) is 0 Å². The maximum Gasteiger partial charge on any atom is 0.0464 e. The highest BCUT2D eigenvalue weighted by Crippen LogP contribution is 2.11. The minimum Gasteiger partial charge on any atom is -0.396 e. The van der Waals surface area contributed by atoms with Crippen molar-refractivity contribution in [2.45, 2.75) is 26.8 Å². The Morgan fingerprint density at radius 1 is 1.25 bits per heavy atom. The molecule has 0 amide bonds. The molecule has 0 aliphatic heterocycles. The summed E-state index contributed by atoms with van der Waals surface area (Å²) in [6.07, 6.45) is 0. The Morgan fingerprint density at radius 2 is 1.83 bits per heavy atom. The zero-order valence-corrected chi connectivity index (χ0v) is 9.10. The standard InChI is InChI=1S/C9H21NOS/c1-7(2)9(10)6-12-5-8(3)4-11/h7-9,11H,4-6,10H2,1-3H3. The molecule has 0 rings (SSSR count). The SMILES string of the molecule is CC(CO)CSCC(N)C(C)C. The van der Waals surface area contributed by atoms with Crippen molar-refractivity contribution >= 4 is 11.8 Å². The lowest BCUT2D eigenvalue weighted by Gasteiger charge is -2.15. The normalized spacial score (nSPS) is 16.5. The largest absolute Gasteiger partial charge is 0.396 e. The smallest absolute Gasteiger partial charge is 0.0464 e. The van der Waals surface area contributed by atoms with Crippen LogP contribution in [-0.2, 0) is 0 Å². The summed E-state index contributed by atoms with van der Waals surface area (Å²) in [5.41, 5.74) is 5.86. The molecule has 3 N–H and O–H groups in total. The van der Waals surface area contributed by atoms with Crippen LogP contribution in [0.15, 0.2) is 0 Å². The molecular formula is C9H21NOS. The second-order valence-electron chi connectivity index (χ2n) is 3.73.